The minimum absolute atomic E-state index is 0.195. The molecule has 0 saturated heterocycles. The van der Waals surface area contributed by atoms with E-state index in [2.05, 4.69) is 5.32 Å². The summed E-state index contributed by atoms with van der Waals surface area (Å²) in [6.45, 7) is 0. The van der Waals surface area contributed by atoms with Crippen molar-refractivity contribution in [3.8, 4) is 5.75 Å². The van der Waals surface area contributed by atoms with Crippen LogP contribution in [0.4, 0.5) is 16.2 Å². The van der Waals surface area contributed by atoms with Crippen molar-refractivity contribution in [3.63, 3.8) is 0 Å². The van der Waals surface area contributed by atoms with E-state index in [-0.39, 0.29) is 6.03 Å². The molecule has 0 saturated carbocycles. The molecule has 0 aliphatic rings. The third kappa shape index (κ3) is 3.25. The number of hydrogen-bond acceptors (Lipinski definition) is 2. The summed E-state index contributed by atoms with van der Waals surface area (Å²) in [5.74, 6) is 0.719. The highest BCUT2D eigenvalue weighted by molar-refractivity contribution is 6.01. The largest absolute Gasteiger partial charge is 0.497 e. The monoisotopic (exact) mass is 256 g/mol. The zero-order chi connectivity index (χ0) is 13.7. The van der Waals surface area contributed by atoms with Crippen molar-refractivity contribution >= 4 is 17.4 Å². The highest BCUT2D eigenvalue weighted by atomic mass is 16.5. The lowest BCUT2D eigenvalue weighted by molar-refractivity contribution is 0.258. The standard InChI is InChI=1S/C15H16N2O2/c1-17(13-9-6-10-14(11-13)19-2)15(18)16-12-7-4-3-5-8-12/h3-11H,1-2H3,(H,16,18). The molecule has 0 aromatic heterocycles. The van der Waals surface area contributed by atoms with Gasteiger partial charge in [-0.25, -0.2) is 4.79 Å². The molecule has 98 valence electrons. The molecule has 0 fully saturated rings. The van der Waals surface area contributed by atoms with Crippen LogP contribution in [0.15, 0.2) is 54.6 Å². The summed E-state index contributed by atoms with van der Waals surface area (Å²) in [5.41, 5.74) is 1.54. The van der Waals surface area contributed by atoms with Gasteiger partial charge in [-0.05, 0) is 24.3 Å². The number of nitrogens with one attached hydrogen (secondary N) is 1. The highest BCUT2D eigenvalue weighted by Crippen LogP contribution is 2.20. The number of carbonyl (C=O) groups excluding carboxylic acids is 1. The van der Waals surface area contributed by atoms with Crippen molar-refractivity contribution in [1.82, 2.24) is 0 Å². The average molecular weight is 256 g/mol. The number of urea groups is 1. The minimum Gasteiger partial charge on any atom is -0.497 e. The number of hydrogen-bond donors (Lipinski definition) is 1. The van der Waals surface area contributed by atoms with Crippen molar-refractivity contribution in [1.29, 1.82) is 0 Å². The molecular weight excluding hydrogens is 240 g/mol. The van der Waals surface area contributed by atoms with Gasteiger partial charge in [-0.3, -0.25) is 4.90 Å². The molecular formula is C15H16N2O2. The van der Waals surface area contributed by atoms with Crippen LogP contribution >= 0.6 is 0 Å². The van der Waals surface area contributed by atoms with Crippen LogP contribution in [0.2, 0.25) is 0 Å². The first kappa shape index (κ1) is 13.0. The van der Waals surface area contributed by atoms with E-state index in [4.69, 9.17) is 4.74 Å². The van der Waals surface area contributed by atoms with E-state index in [9.17, 15) is 4.79 Å². The Morgan fingerprint density at radius 1 is 1.11 bits per heavy atom. The maximum absolute atomic E-state index is 12.1. The summed E-state index contributed by atoms with van der Waals surface area (Å²) in [4.78, 5) is 13.6. The van der Waals surface area contributed by atoms with Crippen molar-refractivity contribution in [3.05, 3.63) is 54.6 Å². The fourth-order valence-corrected chi connectivity index (χ4v) is 1.67. The first-order chi connectivity index (χ1) is 9.20. The van der Waals surface area contributed by atoms with Gasteiger partial charge in [0.1, 0.15) is 5.75 Å². The molecule has 2 aromatic carbocycles. The second-order valence-electron chi connectivity index (χ2n) is 4.06. The second-order valence-corrected chi connectivity index (χ2v) is 4.06. The Kier molecular flexibility index (Phi) is 4.03. The lowest BCUT2D eigenvalue weighted by atomic mass is 10.3. The van der Waals surface area contributed by atoms with Crippen LogP contribution in [0, 0.1) is 0 Å². The molecule has 0 aliphatic carbocycles. The third-order valence-electron chi connectivity index (χ3n) is 2.77. The zero-order valence-corrected chi connectivity index (χ0v) is 11.0. The van der Waals surface area contributed by atoms with Gasteiger partial charge in [0.2, 0.25) is 0 Å². The molecule has 2 amide bonds. The Morgan fingerprint density at radius 3 is 2.53 bits per heavy atom. The van der Waals surface area contributed by atoms with E-state index in [1.165, 1.54) is 4.90 Å². The molecule has 2 aromatic rings. The van der Waals surface area contributed by atoms with Gasteiger partial charge in [-0.15, -0.1) is 0 Å². The number of methoxy groups -OCH3 is 1. The highest BCUT2D eigenvalue weighted by Gasteiger charge is 2.11. The predicted octanol–water partition coefficient (Wildman–Crippen LogP) is 3.36. The summed E-state index contributed by atoms with van der Waals surface area (Å²) in [7, 11) is 3.32. The molecule has 0 atom stereocenters. The SMILES string of the molecule is COc1cccc(N(C)C(=O)Nc2ccccc2)c1. The maximum atomic E-state index is 12.1. The first-order valence-corrected chi connectivity index (χ1v) is 5.94. The summed E-state index contributed by atoms with van der Waals surface area (Å²) in [5, 5.41) is 2.82. The Hall–Kier alpha value is -2.49. The van der Waals surface area contributed by atoms with Gasteiger partial charge in [-0.2, -0.15) is 0 Å². The number of ether oxygens (including phenoxy) is 1. The summed E-state index contributed by atoms with van der Waals surface area (Å²) in [6, 6.07) is 16.5. The zero-order valence-electron chi connectivity index (χ0n) is 11.0. The summed E-state index contributed by atoms with van der Waals surface area (Å²) in [6.07, 6.45) is 0. The number of carbonyl (C=O) groups is 1. The Labute approximate surface area is 112 Å². The summed E-state index contributed by atoms with van der Waals surface area (Å²) < 4.78 is 5.14. The lowest BCUT2D eigenvalue weighted by Crippen LogP contribution is -2.31. The quantitative estimate of drug-likeness (QED) is 0.914. The maximum Gasteiger partial charge on any atom is 0.326 e. The molecule has 0 spiro atoms. The first-order valence-electron chi connectivity index (χ1n) is 5.94. The van der Waals surface area contributed by atoms with E-state index in [1.54, 1.807) is 14.2 Å². The van der Waals surface area contributed by atoms with Gasteiger partial charge in [0.05, 0.1) is 7.11 Å². The van der Waals surface area contributed by atoms with Gasteiger partial charge in [-0.1, -0.05) is 24.3 Å². The second kappa shape index (κ2) is 5.91. The molecule has 0 unspecified atom stereocenters. The van der Waals surface area contributed by atoms with Gasteiger partial charge in [0, 0.05) is 24.5 Å². The van der Waals surface area contributed by atoms with E-state index in [0.717, 1.165) is 17.1 Å². The molecule has 4 heteroatoms. The van der Waals surface area contributed by atoms with E-state index in [0.29, 0.717) is 0 Å². The van der Waals surface area contributed by atoms with Crippen molar-refractivity contribution in [2.45, 2.75) is 0 Å². The van der Waals surface area contributed by atoms with E-state index in [1.807, 2.05) is 54.6 Å². The van der Waals surface area contributed by atoms with Crippen LogP contribution in [-0.2, 0) is 0 Å². The molecule has 0 bridgehead atoms. The van der Waals surface area contributed by atoms with Crippen LogP contribution in [0.5, 0.6) is 5.75 Å². The summed E-state index contributed by atoms with van der Waals surface area (Å²) >= 11 is 0. The van der Waals surface area contributed by atoms with Gasteiger partial charge in [0.25, 0.3) is 0 Å². The molecule has 4 nitrogen and oxygen atoms in total. The fraction of sp³-hybridized carbons (Fsp3) is 0.133. The van der Waals surface area contributed by atoms with Crippen LogP contribution in [0.3, 0.4) is 0 Å². The van der Waals surface area contributed by atoms with Gasteiger partial charge < -0.3 is 10.1 Å². The van der Waals surface area contributed by atoms with Crippen LogP contribution in [0.1, 0.15) is 0 Å². The third-order valence-corrected chi connectivity index (χ3v) is 2.77. The minimum atomic E-state index is -0.195. The molecule has 19 heavy (non-hydrogen) atoms. The normalized spacial score (nSPS) is 9.79. The van der Waals surface area contributed by atoms with Gasteiger partial charge in [0.15, 0.2) is 0 Å². The number of rotatable bonds is 3. The van der Waals surface area contributed by atoms with Crippen LogP contribution < -0.4 is 15.0 Å². The molecule has 0 radical (unpaired) electrons. The average Bonchev–Trinajstić information content (AvgIpc) is 2.47. The number of amides is 2. The number of anilines is 2. The topological polar surface area (TPSA) is 41.6 Å². The van der Waals surface area contributed by atoms with Crippen molar-refractivity contribution < 1.29 is 9.53 Å². The van der Waals surface area contributed by atoms with Gasteiger partial charge >= 0.3 is 6.03 Å². The van der Waals surface area contributed by atoms with Crippen LogP contribution in [0.25, 0.3) is 0 Å². The predicted molar refractivity (Wildman–Crippen MR) is 76.9 cm³/mol. The number of para-hydroxylation sites is 1. The van der Waals surface area contributed by atoms with Crippen LogP contribution in [-0.4, -0.2) is 20.2 Å². The molecule has 2 rings (SSSR count). The van der Waals surface area contributed by atoms with Crippen molar-refractivity contribution in [2.75, 3.05) is 24.4 Å². The fourth-order valence-electron chi connectivity index (χ4n) is 1.67. The van der Waals surface area contributed by atoms with Crippen molar-refractivity contribution in [2.24, 2.45) is 0 Å². The Morgan fingerprint density at radius 2 is 1.84 bits per heavy atom. The Balaban J connectivity index is 2.10. The molecule has 0 heterocycles. The lowest BCUT2D eigenvalue weighted by Gasteiger charge is -2.18. The Bertz CT molecular complexity index is 555. The van der Waals surface area contributed by atoms with E-state index >= 15 is 0 Å². The molecule has 1 N–H and O–H groups in total. The van der Waals surface area contributed by atoms with E-state index < -0.39 is 0 Å². The smallest absolute Gasteiger partial charge is 0.326 e. The number of benzene rings is 2. The molecule has 0 aliphatic heterocycles. The number of nitrogens with zero attached hydrogens (tertiary/aromatic N) is 1.